The fourth-order valence-electron chi connectivity index (χ4n) is 3.88. The number of para-hydroxylation sites is 1. The van der Waals surface area contributed by atoms with Gasteiger partial charge in [-0.3, -0.25) is 14.9 Å². The monoisotopic (exact) mass is 479 g/mol. The highest BCUT2D eigenvalue weighted by Gasteiger charge is 2.17. The molecule has 0 bridgehead atoms. The van der Waals surface area contributed by atoms with Gasteiger partial charge in [-0.2, -0.15) is 4.57 Å². The van der Waals surface area contributed by atoms with Crippen LogP contribution in [0.25, 0.3) is 23.1 Å². The van der Waals surface area contributed by atoms with E-state index in [0.29, 0.717) is 25.1 Å². The van der Waals surface area contributed by atoms with Gasteiger partial charge in [0.1, 0.15) is 6.54 Å². The molecule has 0 radical (unpaired) electrons. The number of nitrogens with one attached hydrogen (secondary N) is 1. The number of amides is 1. The summed E-state index contributed by atoms with van der Waals surface area (Å²) >= 11 is 0. The van der Waals surface area contributed by atoms with Crippen LogP contribution in [0.2, 0.25) is 0 Å². The van der Waals surface area contributed by atoms with Crippen molar-refractivity contribution in [2.45, 2.75) is 32.2 Å². The fourth-order valence-corrected chi connectivity index (χ4v) is 3.88. The summed E-state index contributed by atoms with van der Waals surface area (Å²) in [5, 5.41) is 25.6. The lowest BCUT2D eigenvalue weighted by molar-refractivity contribution is -0.673. The number of methoxy groups -OCH3 is 1. The second-order valence-electron chi connectivity index (χ2n) is 8.09. The zero-order chi connectivity index (χ0) is 25.2. The van der Waals surface area contributed by atoms with Crippen molar-refractivity contribution < 1.29 is 24.1 Å². The van der Waals surface area contributed by atoms with Gasteiger partial charge in [0, 0.05) is 61.2 Å². The summed E-state index contributed by atoms with van der Waals surface area (Å²) in [6, 6.07) is 14.5. The number of fused-ring (bicyclic) bond motifs is 1. The Morgan fingerprint density at radius 2 is 1.97 bits per heavy atom. The van der Waals surface area contributed by atoms with Crippen molar-refractivity contribution in [3.05, 3.63) is 69.9 Å². The predicted molar refractivity (Wildman–Crippen MR) is 135 cm³/mol. The SMILES string of the molecule is COc1cc([N+](=O)[O-])cc(/C=C/c2ccc3ccccc3[n+]2CCCCCC(=O)NCCN)c1O. The van der Waals surface area contributed by atoms with E-state index in [2.05, 4.69) is 9.88 Å². The van der Waals surface area contributed by atoms with Gasteiger partial charge in [0.2, 0.25) is 17.1 Å². The van der Waals surface area contributed by atoms with Crippen LogP contribution in [0.5, 0.6) is 11.5 Å². The Morgan fingerprint density at radius 1 is 1.17 bits per heavy atom. The molecule has 1 aromatic heterocycles. The van der Waals surface area contributed by atoms with Crippen LogP contribution in [-0.4, -0.2) is 36.1 Å². The maximum Gasteiger partial charge on any atom is 0.274 e. The molecule has 2 aromatic carbocycles. The number of aromatic hydroxyl groups is 1. The molecule has 9 nitrogen and oxygen atoms in total. The van der Waals surface area contributed by atoms with Crippen molar-refractivity contribution in [2.75, 3.05) is 20.2 Å². The molecular weight excluding hydrogens is 448 g/mol. The summed E-state index contributed by atoms with van der Waals surface area (Å²) in [4.78, 5) is 22.5. The van der Waals surface area contributed by atoms with Crippen LogP contribution in [-0.2, 0) is 11.3 Å². The van der Waals surface area contributed by atoms with Gasteiger partial charge in [0.15, 0.2) is 11.5 Å². The molecule has 0 atom stereocenters. The summed E-state index contributed by atoms with van der Waals surface area (Å²) < 4.78 is 7.27. The second kappa shape index (κ2) is 12.5. The first-order valence-electron chi connectivity index (χ1n) is 11.6. The van der Waals surface area contributed by atoms with E-state index in [0.717, 1.165) is 42.4 Å². The Bertz CT molecular complexity index is 1230. The number of phenolic OH excluding ortho intramolecular Hbond substituents is 1. The molecule has 0 aliphatic carbocycles. The van der Waals surface area contributed by atoms with Gasteiger partial charge in [-0.15, -0.1) is 0 Å². The number of aryl methyl sites for hydroxylation is 1. The van der Waals surface area contributed by atoms with Crippen LogP contribution in [0, 0.1) is 10.1 Å². The van der Waals surface area contributed by atoms with Gasteiger partial charge in [0.05, 0.1) is 18.1 Å². The van der Waals surface area contributed by atoms with E-state index in [4.69, 9.17) is 10.5 Å². The number of carbonyl (C=O) groups excluding carboxylic acids is 1. The van der Waals surface area contributed by atoms with E-state index in [1.165, 1.54) is 19.2 Å². The average molecular weight is 480 g/mol. The van der Waals surface area contributed by atoms with E-state index in [1.54, 1.807) is 6.08 Å². The highest BCUT2D eigenvalue weighted by atomic mass is 16.6. The largest absolute Gasteiger partial charge is 0.504 e. The molecule has 35 heavy (non-hydrogen) atoms. The molecular formula is C26H31N4O5+. The van der Waals surface area contributed by atoms with Crippen LogP contribution >= 0.6 is 0 Å². The Morgan fingerprint density at radius 3 is 2.71 bits per heavy atom. The number of non-ortho nitro benzene ring substituents is 1. The molecule has 184 valence electrons. The highest BCUT2D eigenvalue weighted by molar-refractivity contribution is 5.78. The molecule has 3 rings (SSSR count). The van der Waals surface area contributed by atoms with Gasteiger partial charge >= 0.3 is 0 Å². The van der Waals surface area contributed by atoms with Crippen LogP contribution in [0.15, 0.2) is 48.5 Å². The van der Waals surface area contributed by atoms with E-state index in [1.807, 2.05) is 42.5 Å². The van der Waals surface area contributed by atoms with Crippen LogP contribution in [0.4, 0.5) is 5.69 Å². The number of carbonyl (C=O) groups is 1. The molecule has 0 unspecified atom stereocenters. The zero-order valence-electron chi connectivity index (χ0n) is 19.8. The smallest absolute Gasteiger partial charge is 0.274 e. The number of ether oxygens (including phenoxy) is 1. The lowest BCUT2D eigenvalue weighted by atomic mass is 10.1. The minimum absolute atomic E-state index is 0.0177. The number of phenols is 1. The lowest BCUT2D eigenvalue weighted by Crippen LogP contribution is -2.38. The minimum Gasteiger partial charge on any atom is -0.504 e. The molecule has 3 aromatic rings. The molecule has 0 fully saturated rings. The Balaban J connectivity index is 1.82. The van der Waals surface area contributed by atoms with Crippen LogP contribution in [0.1, 0.15) is 36.9 Å². The van der Waals surface area contributed by atoms with E-state index in [-0.39, 0.29) is 23.1 Å². The van der Waals surface area contributed by atoms with Crippen LogP contribution in [0.3, 0.4) is 0 Å². The molecule has 0 spiro atoms. The normalized spacial score (nSPS) is 11.1. The minimum atomic E-state index is -0.522. The highest BCUT2D eigenvalue weighted by Crippen LogP contribution is 2.35. The third kappa shape index (κ3) is 6.77. The summed E-state index contributed by atoms with van der Waals surface area (Å²) in [5.41, 5.74) is 7.47. The predicted octanol–water partition coefficient (Wildman–Crippen LogP) is 3.56. The molecule has 0 saturated carbocycles. The number of benzene rings is 2. The van der Waals surface area contributed by atoms with Crippen molar-refractivity contribution in [2.24, 2.45) is 5.73 Å². The van der Waals surface area contributed by atoms with Crippen molar-refractivity contribution in [1.82, 2.24) is 5.32 Å². The Labute approximate surface area is 204 Å². The number of nitrogens with zero attached hydrogens (tertiary/aromatic N) is 2. The molecule has 4 N–H and O–H groups in total. The summed E-state index contributed by atoms with van der Waals surface area (Å²) in [7, 11) is 1.35. The maximum atomic E-state index is 11.8. The van der Waals surface area contributed by atoms with E-state index >= 15 is 0 Å². The van der Waals surface area contributed by atoms with E-state index in [9.17, 15) is 20.0 Å². The van der Waals surface area contributed by atoms with Gasteiger partial charge in [-0.05, 0) is 31.1 Å². The zero-order valence-corrected chi connectivity index (χ0v) is 19.8. The molecule has 0 aliphatic rings. The molecule has 0 aliphatic heterocycles. The Kier molecular flexibility index (Phi) is 9.14. The first-order valence-corrected chi connectivity index (χ1v) is 11.6. The number of pyridine rings is 1. The van der Waals surface area contributed by atoms with Crippen molar-refractivity contribution in [1.29, 1.82) is 0 Å². The Hall–Kier alpha value is -3.98. The van der Waals surface area contributed by atoms with Crippen LogP contribution < -0.4 is 20.4 Å². The first kappa shape index (κ1) is 25.6. The van der Waals surface area contributed by atoms with E-state index < -0.39 is 4.92 Å². The number of nitro benzene ring substituents is 1. The van der Waals surface area contributed by atoms with Gasteiger partial charge in [0.25, 0.3) is 5.69 Å². The molecule has 9 heteroatoms. The van der Waals surface area contributed by atoms with Crippen molar-refractivity contribution in [3.63, 3.8) is 0 Å². The number of nitro groups is 1. The van der Waals surface area contributed by atoms with Gasteiger partial charge in [-0.25, -0.2) is 0 Å². The first-order chi connectivity index (χ1) is 16.9. The number of unbranched alkanes of at least 4 members (excludes halogenated alkanes) is 2. The number of rotatable bonds is 12. The molecule has 1 amide bonds. The number of hydrogen-bond donors (Lipinski definition) is 3. The number of aromatic nitrogens is 1. The number of hydrogen-bond acceptors (Lipinski definition) is 6. The molecule has 0 saturated heterocycles. The fraction of sp³-hybridized carbons (Fsp3) is 0.308. The summed E-state index contributed by atoms with van der Waals surface area (Å²) in [6.07, 6.45) is 6.49. The standard InChI is InChI=1S/C26H30N4O5/c1-35-24-18-22(30(33)34)17-20(26(24)32)11-13-21-12-10-19-7-4-5-8-23(19)29(21)16-6-2-3-9-25(31)28-15-14-27/h4-5,7-8,10-13,17-18H,2-3,6,9,14-16,27H2,1H3,(H,28,31)/p+1. The van der Waals surface area contributed by atoms with Crippen molar-refractivity contribution in [3.8, 4) is 11.5 Å². The summed E-state index contributed by atoms with van der Waals surface area (Å²) in [6.45, 7) is 1.66. The lowest BCUT2D eigenvalue weighted by Gasteiger charge is -2.07. The second-order valence-corrected chi connectivity index (χ2v) is 8.09. The number of nitrogens with two attached hydrogens (primary N) is 1. The quantitative estimate of drug-likeness (QED) is 0.158. The summed E-state index contributed by atoms with van der Waals surface area (Å²) in [5.74, 6) is -0.0978. The average Bonchev–Trinajstić information content (AvgIpc) is 2.86. The third-order valence-electron chi connectivity index (χ3n) is 5.68. The topological polar surface area (TPSA) is 132 Å². The van der Waals surface area contributed by atoms with Crippen molar-refractivity contribution >= 4 is 34.6 Å². The van der Waals surface area contributed by atoms with Gasteiger partial charge in [-0.1, -0.05) is 12.1 Å². The third-order valence-corrected chi connectivity index (χ3v) is 5.68. The van der Waals surface area contributed by atoms with Gasteiger partial charge < -0.3 is 20.9 Å². The molecule has 1 heterocycles. The maximum absolute atomic E-state index is 11.8.